The van der Waals surface area contributed by atoms with Crippen LogP contribution in [-0.4, -0.2) is 9.78 Å². The standard InChI is InChI=1S/C18H17IN2/c1-13-7-14(2)9-15(8-13)11-21-12-17(10-20-21)16-3-5-18(19)6-4-16/h3-10,12H,11H2,1-2H3. The molecule has 0 radical (unpaired) electrons. The fraction of sp³-hybridized carbons (Fsp3) is 0.167. The van der Waals surface area contributed by atoms with Crippen LogP contribution in [0.3, 0.4) is 0 Å². The Morgan fingerprint density at radius 1 is 0.952 bits per heavy atom. The number of aromatic nitrogens is 2. The second-order valence-corrected chi connectivity index (χ2v) is 6.68. The molecule has 0 unspecified atom stereocenters. The van der Waals surface area contributed by atoms with Gasteiger partial charge in [-0.1, -0.05) is 41.5 Å². The van der Waals surface area contributed by atoms with Crippen LogP contribution in [0.4, 0.5) is 0 Å². The topological polar surface area (TPSA) is 17.8 Å². The van der Waals surface area contributed by atoms with E-state index in [0.717, 1.165) is 12.1 Å². The molecule has 0 aliphatic carbocycles. The molecule has 106 valence electrons. The van der Waals surface area contributed by atoms with Gasteiger partial charge >= 0.3 is 0 Å². The van der Waals surface area contributed by atoms with Crippen molar-refractivity contribution in [3.8, 4) is 11.1 Å². The summed E-state index contributed by atoms with van der Waals surface area (Å²) in [6.45, 7) is 5.08. The molecule has 21 heavy (non-hydrogen) atoms. The molecule has 3 heteroatoms. The predicted octanol–water partition coefficient (Wildman–Crippen LogP) is 4.82. The summed E-state index contributed by atoms with van der Waals surface area (Å²) in [5, 5.41) is 4.48. The van der Waals surface area contributed by atoms with E-state index in [9.17, 15) is 0 Å². The Hall–Kier alpha value is -1.62. The van der Waals surface area contributed by atoms with Gasteiger partial charge in [0.1, 0.15) is 0 Å². The lowest BCUT2D eigenvalue weighted by Crippen LogP contribution is -2.00. The van der Waals surface area contributed by atoms with Crippen molar-refractivity contribution < 1.29 is 0 Å². The zero-order valence-corrected chi connectivity index (χ0v) is 14.3. The van der Waals surface area contributed by atoms with E-state index in [-0.39, 0.29) is 0 Å². The first-order valence-electron chi connectivity index (χ1n) is 6.96. The highest BCUT2D eigenvalue weighted by atomic mass is 127. The van der Waals surface area contributed by atoms with Crippen LogP contribution in [-0.2, 0) is 6.54 Å². The molecule has 0 bridgehead atoms. The summed E-state index contributed by atoms with van der Waals surface area (Å²) in [7, 11) is 0. The molecule has 2 nitrogen and oxygen atoms in total. The Balaban J connectivity index is 1.83. The van der Waals surface area contributed by atoms with Gasteiger partial charge in [0.2, 0.25) is 0 Å². The zero-order valence-electron chi connectivity index (χ0n) is 12.2. The Kier molecular flexibility index (Phi) is 4.10. The molecular weight excluding hydrogens is 371 g/mol. The number of hydrogen-bond acceptors (Lipinski definition) is 1. The highest BCUT2D eigenvalue weighted by Gasteiger charge is 2.03. The lowest BCUT2D eigenvalue weighted by molar-refractivity contribution is 0.686. The van der Waals surface area contributed by atoms with Crippen molar-refractivity contribution >= 4 is 22.6 Å². The molecule has 3 rings (SSSR count). The van der Waals surface area contributed by atoms with Crippen molar-refractivity contribution in [2.75, 3.05) is 0 Å². The van der Waals surface area contributed by atoms with Crippen molar-refractivity contribution in [3.63, 3.8) is 0 Å². The summed E-state index contributed by atoms with van der Waals surface area (Å²) >= 11 is 2.32. The zero-order chi connectivity index (χ0) is 14.8. The fourth-order valence-electron chi connectivity index (χ4n) is 2.59. The lowest BCUT2D eigenvalue weighted by Gasteiger charge is -2.05. The number of aryl methyl sites for hydroxylation is 2. The van der Waals surface area contributed by atoms with Crippen LogP contribution in [0.2, 0.25) is 0 Å². The van der Waals surface area contributed by atoms with Gasteiger partial charge in [-0.25, -0.2) is 0 Å². The predicted molar refractivity (Wildman–Crippen MR) is 95.4 cm³/mol. The van der Waals surface area contributed by atoms with Crippen molar-refractivity contribution in [3.05, 3.63) is 75.1 Å². The second-order valence-electron chi connectivity index (χ2n) is 5.43. The molecule has 1 aromatic heterocycles. The van der Waals surface area contributed by atoms with Crippen LogP contribution < -0.4 is 0 Å². The Morgan fingerprint density at radius 3 is 2.29 bits per heavy atom. The van der Waals surface area contributed by atoms with Crippen molar-refractivity contribution in [2.45, 2.75) is 20.4 Å². The smallest absolute Gasteiger partial charge is 0.0659 e. The number of halogens is 1. The minimum Gasteiger partial charge on any atom is -0.268 e. The average Bonchev–Trinajstić information content (AvgIpc) is 2.87. The molecule has 2 aromatic carbocycles. The maximum Gasteiger partial charge on any atom is 0.0659 e. The van der Waals surface area contributed by atoms with Gasteiger partial charge in [-0.05, 0) is 59.7 Å². The van der Waals surface area contributed by atoms with Crippen molar-refractivity contribution in [2.24, 2.45) is 0 Å². The van der Waals surface area contributed by atoms with Gasteiger partial charge in [-0.3, -0.25) is 4.68 Å². The normalized spacial score (nSPS) is 10.8. The van der Waals surface area contributed by atoms with Gasteiger partial charge in [0.05, 0.1) is 12.7 Å². The molecule has 0 fully saturated rings. The van der Waals surface area contributed by atoms with Gasteiger partial charge < -0.3 is 0 Å². The van der Waals surface area contributed by atoms with E-state index < -0.39 is 0 Å². The van der Waals surface area contributed by atoms with Crippen LogP contribution in [0.25, 0.3) is 11.1 Å². The molecule has 0 saturated carbocycles. The van der Waals surface area contributed by atoms with E-state index in [1.165, 1.54) is 25.8 Å². The number of nitrogens with zero attached hydrogens (tertiary/aromatic N) is 2. The highest BCUT2D eigenvalue weighted by Crippen LogP contribution is 2.20. The van der Waals surface area contributed by atoms with Gasteiger partial charge in [-0.15, -0.1) is 0 Å². The van der Waals surface area contributed by atoms with Gasteiger partial charge in [0.15, 0.2) is 0 Å². The summed E-state index contributed by atoms with van der Waals surface area (Å²) in [6.07, 6.45) is 4.05. The second kappa shape index (κ2) is 6.02. The maximum atomic E-state index is 4.48. The first-order valence-corrected chi connectivity index (χ1v) is 8.03. The summed E-state index contributed by atoms with van der Waals surface area (Å²) in [5.41, 5.74) is 6.27. The number of rotatable bonds is 3. The first-order chi connectivity index (χ1) is 10.1. The van der Waals surface area contributed by atoms with E-state index in [0.29, 0.717) is 0 Å². The lowest BCUT2D eigenvalue weighted by atomic mass is 10.1. The monoisotopic (exact) mass is 388 g/mol. The summed E-state index contributed by atoms with van der Waals surface area (Å²) in [4.78, 5) is 0. The molecular formula is C18H17IN2. The van der Waals surface area contributed by atoms with Gasteiger partial charge in [-0.2, -0.15) is 5.10 Å². The van der Waals surface area contributed by atoms with E-state index in [2.05, 4.69) is 90.2 Å². The first kappa shape index (κ1) is 14.3. The molecule has 0 atom stereocenters. The minimum absolute atomic E-state index is 0.812. The van der Waals surface area contributed by atoms with E-state index in [1.54, 1.807) is 0 Å². The third kappa shape index (κ3) is 3.53. The SMILES string of the molecule is Cc1cc(C)cc(Cn2cc(-c3ccc(I)cc3)cn2)c1. The quantitative estimate of drug-likeness (QED) is 0.589. The molecule has 0 amide bonds. The average molecular weight is 388 g/mol. The molecule has 0 aliphatic heterocycles. The van der Waals surface area contributed by atoms with Crippen LogP contribution in [0.1, 0.15) is 16.7 Å². The summed E-state index contributed by atoms with van der Waals surface area (Å²) < 4.78 is 3.25. The molecule has 0 spiro atoms. The minimum atomic E-state index is 0.812. The van der Waals surface area contributed by atoms with E-state index >= 15 is 0 Å². The van der Waals surface area contributed by atoms with E-state index in [4.69, 9.17) is 0 Å². The molecule has 0 aliphatic rings. The van der Waals surface area contributed by atoms with Crippen LogP contribution in [0, 0.1) is 17.4 Å². The van der Waals surface area contributed by atoms with E-state index in [1.807, 2.05) is 10.9 Å². The molecule has 3 aromatic rings. The fourth-order valence-corrected chi connectivity index (χ4v) is 2.95. The third-order valence-electron chi connectivity index (χ3n) is 3.44. The van der Waals surface area contributed by atoms with Crippen molar-refractivity contribution in [1.29, 1.82) is 0 Å². The summed E-state index contributed by atoms with van der Waals surface area (Å²) in [6, 6.07) is 15.2. The molecule has 0 N–H and O–H groups in total. The van der Waals surface area contributed by atoms with Gasteiger partial charge in [0.25, 0.3) is 0 Å². The van der Waals surface area contributed by atoms with Crippen molar-refractivity contribution in [1.82, 2.24) is 9.78 Å². The number of benzene rings is 2. The Labute approximate surface area is 139 Å². The highest BCUT2D eigenvalue weighted by molar-refractivity contribution is 14.1. The molecule has 0 saturated heterocycles. The Morgan fingerprint density at radius 2 is 1.62 bits per heavy atom. The third-order valence-corrected chi connectivity index (χ3v) is 4.16. The van der Waals surface area contributed by atoms with Crippen LogP contribution >= 0.6 is 22.6 Å². The maximum absolute atomic E-state index is 4.48. The van der Waals surface area contributed by atoms with Crippen LogP contribution in [0.15, 0.2) is 54.9 Å². The largest absolute Gasteiger partial charge is 0.268 e. The van der Waals surface area contributed by atoms with Crippen LogP contribution in [0.5, 0.6) is 0 Å². The molecule has 1 heterocycles. The summed E-state index contributed by atoms with van der Waals surface area (Å²) in [5.74, 6) is 0. The van der Waals surface area contributed by atoms with Gasteiger partial charge in [0, 0.05) is 15.3 Å². The number of hydrogen-bond donors (Lipinski definition) is 0. The Bertz CT molecular complexity index is 737.